The number of aliphatic imine (C=N–C) groups is 1. The highest BCUT2D eigenvalue weighted by Crippen LogP contribution is 2.14. The molecule has 1 rings (SSSR count). The zero-order chi connectivity index (χ0) is 19.2. The summed E-state index contributed by atoms with van der Waals surface area (Å²) in [4.78, 5) is 7.05. The maximum atomic E-state index is 5.83. The first kappa shape index (κ1) is 23.2. The van der Waals surface area contributed by atoms with Crippen molar-refractivity contribution in [3.05, 3.63) is 0 Å². The van der Waals surface area contributed by atoms with Crippen LogP contribution in [0.1, 0.15) is 46.5 Å². The van der Waals surface area contributed by atoms with Gasteiger partial charge in [-0.1, -0.05) is 13.8 Å². The minimum absolute atomic E-state index is 0.480. The number of nitrogens with zero attached hydrogens (tertiary/aromatic N) is 2. The number of hydrogen-bond donors (Lipinski definition) is 2. The van der Waals surface area contributed by atoms with Gasteiger partial charge >= 0.3 is 0 Å². The van der Waals surface area contributed by atoms with E-state index in [1.54, 1.807) is 0 Å². The van der Waals surface area contributed by atoms with Crippen molar-refractivity contribution in [1.29, 1.82) is 0 Å². The fourth-order valence-corrected chi connectivity index (χ4v) is 3.08. The summed E-state index contributed by atoms with van der Waals surface area (Å²) in [5.74, 6) is 2.27. The third kappa shape index (κ3) is 11.0. The van der Waals surface area contributed by atoms with Crippen molar-refractivity contribution in [2.24, 2.45) is 16.8 Å². The normalized spacial score (nSPS) is 17.7. The first-order valence-electron chi connectivity index (χ1n) is 10.4. The highest BCUT2D eigenvalue weighted by molar-refractivity contribution is 5.79. The predicted octanol–water partition coefficient (Wildman–Crippen LogP) is 2.35. The molecule has 6 nitrogen and oxygen atoms in total. The van der Waals surface area contributed by atoms with Crippen LogP contribution in [0, 0.1) is 11.8 Å². The van der Waals surface area contributed by atoms with Gasteiger partial charge in [0.15, 0.2) is 5.96 Å². The van der Waals surface area contributed by atoms with Gasteiger partial charge in [-0.3, -0.25) is 4.99 Å². The van der Waals surface area contributed by atoms with Crippen molar-refractivity contribution in [2.75, 3.05) is 60.2 Å². The zero-order valence-corrected chi connectivity index (χ0v) is 17.7. The Kier molecular flexibility index (Phi) is 12.7. The Bertz CT molecular complexity index is 369. The van der Waals surface area contributed by atoms with E-state index in [-0.39, 0.29) is 0 Å². The van der Waals surface area contributed by atoms with Gasteiger partial charge in [0, 0.05) is 45.6 Å². The zero-order valence-electron chi connectivity index (χ0n) is 17.7. The van der Waals surface area contributed by atoms with Crippen molar-refractivity contribution in [1.82, 2.24) is 15.5 Å². The average molecular weight is 371 g/mol. The van der Waals surface area contributed by atoms with E-state index < -0.39 is 0 Å². The maximum Gasteiger partial charge on any atom is 0.191 e. The van der Waals surface area contributed by atoms with Crippen LogP contribution in [0.15, 0.2) is 4.99 Å². The van der Waals surface area contributed by atoms with Crippen LogP contribution in [0.3, 0.4) is 0 Å². The van der Waals surface area contributed by atoms with E-state index in [0.717, 1.165) is 77.7 Å². The Morgan fingerprint density at radius 2 is 1.96 bits per heavy atom. The highest BCUT2D eigenvalue weighted by Gasteiger charge is 2.14. The monoisotopic (exact) mass is 370 g/mol. The Labute approximate surface area is 161 Å². The maximum absolute atomic E-state index is 5.83. The standard InChI is InChI=1S/C20H42N4O2/c1-6-21-20(23-15-19(24(4)5)14-17(2)3)22-10-7-11-26-16-18-8-12-25-13-9-18/h17-19H,6-16H2,1-5H3,(H2,21,22,23). The average Bonchev–Trinajstić information content (AvgIpc) is 2.61. The SMILES string of the molecule is CCNC(=NCC(CC(C)C)N(C)C)NCCCOCC1CCOCC1. The van der Waals surface area contributed by atoms with Crippen molar-refractivity contribution >= 4 is 5.96 Å². The van der Waals surface area contributed by atoms with Crippen LogP contribution in [-0.4, -0.2) is 77.1 Å². The summed E-state index contributed by atoms with van der Waals surface area (Å²) in [6.45, 7) is 12.7. The number of likely N-dealkylation sites (N-methyl/N-ethyl adjacent to an activating group) is 1. The molecule has 0 radical (unpaired) electrons. The summed E-state index contributed by atoms with van der Waals surface area (Å²) in [5, 5.41) is 6.77. The molecule has 0 spiro atoms. The van der Waals surface area contributed by atoms with Crippen LogP contribution in [0.4, 0.5) is 0 Å². The minimum atomic E-state index is 0.480. The van der Waals surface area contributed by atoms with E-state index in [9.17, 15) is 0 Å². The summed E-state index contributed by atoms with van der Waals surface area (Å²) in [5.41, 5.74) is 0. The third-order valence-electron chi connectivity index (χ3n) is 4.73. The Morgan fingerprint density at radius 3 is 2.58 bits per heavy atom. The molecule has 1 atom stereocenters. The van der Waals surface area contributed by atoms with Gasteiger partial charge < -0.3 is 25.0 Å². The molecule has 1 aliphatic heterocycles. The largest absolute Gasteiger partial charge is 0.381 e. The van der Waals surface area contributed by atoms with Crippen LogP contribution in [-0.2, 0) is 9.47 Å². The quantitative estimate of drug-likeness (QED) is 0.314. The first-order valence-corrected chi connectivity index (χ1v) is 10.4. The predicted molar refractivity (Wildman–Crippen MR) is 110 cm³/mol. The number of nitrogens with one attached hydrogen (secondary N) is 2. The van der Waals surface area contributed by atoms with E-state index in [2.05, 4.69) is 50.4 Å². The van der Waals surface area contributed by atoms with Gasteiger partial charge in [0.1, 0.15) is 0 Å². The second-order valence-corrected chi connectivity index (χ2v) is 7.88. The van der Waals surface area contributed by atoms with Crippen molar-refractivity contribution in [2.45, 2.75) is 52.5 Å². The van der Waals surface area contributed by atoms with Crippen LogP contribution in [0.2, 0.25) is 0 Å². The molecule has 0 amide bonds. The molecule has 0 saturated carbocycles. The second-order valence-electron chi connectivity index (χ2n) is 7.88. The van der Waals surface area contributed by atoms with Crippen LogP contribution < -0.4 is 10.6 Å². The molecule has 2 N–H and O–H groups in total. The Morgan fingerprint density at radius 1 is 1.23 bits per heavy atom. The van der Waals surface area contributed by atoms with Crippen molar-refractivity contribution in [3.63, 3.8) is 0 Å². The summed E-state index contributed by atoms with van der Waals surface area (Å²) in [6.07, 6.45) is 4.43. The van der Waals surface area contributed by atoms with Crippen LogP contribution >= 0.6 is 0 Å². The van der Waals surface area contributed by atoms with Gasteiger partial charge in [-0.15, -0.1) is 0 Å². The molecular weight excluding hydrogens is 328 g/mol. The Hall–Kier alpha value is -0.850. The van der Waals surface area contributed by atoms with Crippen LogP contribution in [0.5, 0.6) is 0 Å². The fraction of sp³-hybridized carbons (Fsp3) is 0.950. The lowest BCUT2D eigenvalue weighted by Gasteiger charge is -2.25. The molecule has 154 valence electrons. The summed E-state index contributed by atoms with van der Waals surface area (Å²) in [6, 6.07) is 0.480. The summed E-state index contributed by atoms with van der Waals surface area (Å²) >= 11 is 0. The fourth-order valence-electron chi connectivity index (χ4n) is 3.08. The lowest BCUT2D eigenvalue weighted by atomic mass is 10.0. The van der Waals surface area contributed by atoms with E-state index >= 15 is 0 Å². The van der Waals surface area contributed by atoms with E-state index in [1.807, 2.05) is 0 Å². The van der Waals surface area contributed by atoms with E-state index in [1.165, 1.54) is 0 Å². The third-order valence-corrected chi connectivity index (χ3v) is 4.73. The number of ether oxygens (including phenoxy) is 2. The number of hydrogen-bond acceptors (Lipinski definition) is 4. The van der Waals surface area contributed by atoms with Gasteiger partial charge in [-0.05, 0) is 58.5 Å². The molecule has 26 heavy (non-hydrogen) atoms. The smallest absolute Gasteiger partial charge is 0.191 e. The summed E-state index contributed by atoms with van der Waals surface area (Å²) < 4.78 is 11.2. The molecule has 0 aromatic rings. The lowest BCUT2D eigenvalue weighted by molar-refractivity contribution is 0.0203. The van der Waals surface area contributed by atoms with Crippen molar-refractivity contribution < 1.29 is 9.47 Å². The van der Waals surface area contributed by atoms with Gasteiger partial charge in [-0.2, -0.15) is 0 Å². The molecule has 0 aliphatic carbocycles. The topological polar surface area (TPSA) is 58.1 Å². The molecule has 1 saturated heterocycles. The Balaban J connectivity index is 2.23. The second kappa shape index (κ2) is 14.2. The molecular formula is C20H42N4O2. The molecule has 1 heterocycles. The molecule has 1 aliphatic rings. The first-order chi connectivity index (χ1) is 12.5. The molecule has 1 fully saturated rings. The molecule has 0 aromatic carbocycles. The minimum Gasteiger partial charge on any atom is -0.381 e. The summed E-state index contributed by atoms with van der Waals surface area (Å²) in [7, 11) is 4.28. The van der Waals surface area contributed by atoms with Gasteiger partial charge in [0.05, 0.1) is 6.54 Å². The molecule has 0 bridgehead atoms. The highest BCUT2D eigenvalue weighted by atomic mass is 16.5. The lowest BCUT2D eigenvalue weighted by Crippen LogP contribution is -2.40. The molecule has 0 aromatic heterocycles. The van der Waals surface area contributed by atoms with Crippen molar-refractivity contribution in [3.8, 4) is 0 Å². The van der Waals surface area contributed by atoms with Gasteiger partial charge in [-0.25, -0.2) is 0 Å². The van der Waals surface area contributed by atoms with Crippen LogP contribution in [0.25, 0.3) is 0 Å². The van der Waals surface area contributed by atoms with E-state index in [4.69, 9.17) is 14.5 Å². The molecule has 1 unspecified atom stereocenters. The van der Waals surface area contributed by atoms with Gasteiger partial charge in [0.2, 0.25) is 0 Å². The number of guanidine groups is 1. The number of rotatable bonds is 12. The van der Waals surface area contributed by atoms with Gasteiger partial charge in [0.25, 0.3) is 0 Å². The van der Waals surface area contributed by atoms with E-state index in [0.29, 0.717) is 17.9 Å². The molecule has 6 heteroatoms.